The summed E-state index contributed by atoms with van der Waals surface area (Å²) in [5, 5.41) is 0. The van der Waals surface area contributed by atoms with E-state index in [4.69, 9.17) is 0 Å². The highest BCUT2D eigenvalue weighted by Crippen LogP contribution is 2.19. The van der Waals surface area contributed by atoms with Crippen LogP contribution in [0.15, 0.2) is 12.1 Å². The molecule has 0 spiro atoms. The molecular weight excluding hydrogens is 270 g/mol. The van der Waals surface area contributed by atoms with Gasteiger partial charge in [0.25, 0.3) is 0 Å². The van der Waals surface area contributed by atoms with Crippen LogP contribution < -0.4 is 0 Å². The van der Waals surface area contributed by atoms with Gasteiger partial charge in [-0.25, -0.2) is 0 Å². The maximum Gasteiger partial charge on any atom is 0.138 e. The Bertz CT molecular complexity index is 455. The molecule has 0 N–H and O–H groups in total. The van der Waals surface area contributed by atoms with Gasteiger partial charge in [0.05, 0.1) is 0 Å². The number of carbonyl (C=O) groups is 1. The highest BCUT2D eigenvalue weighted by Gasteiger charge is 2.20. The number of aryl methyl sites for hydroxylation is 3. The van der Waals surface area contributed by atoms with Crippen molar-refractivity contribution < 1.29 is 4.79 Å². The Kier molecular flexibility index (Phi) is 9.24. The number of aromatic nitrogens is 1. The van der Waals surface area contributed by atoms with Crippen LogP contribution in [0.3, 0.4) is 0 Å². The first-order valence-corrected chi connectivity index (χ1v) is 8.68. The standard InChI is InChI=1S/C18H29NO.C2H6/c1-13(2)7-8-15-11-14(3)19-16(12-15)9-10-17(20)18(4,5)6;1-2/h11-13H,7-10H2,1-6H3;1-2H3. The molecule has 0 bridgehead atoms. The summed E-state index contributed by atoms with van der Waals surface area (Å²) < 4.78 is 0. The number of ketones is 1. The summed E-state index contributed by atoms with van der Waals surface area (Å²) in [5.74, 6) is 1.03. The monoisotopic (exact) mass is 305 g/mol. The number of hydrogen-bond acceptors (Lipinski definition) is 2. The predicted molar refractivity (Wildman–Crippen MR) is 96.3 cm³/mol. The predicted octanol–water partition coefficient (Wildman–Crippen LogP) is 5.55. The van der Waals surface area contributed by atoms with E-state index in [9.17, 15) is 4.79 Å². The van der Waals surface area contributed by atoms with Crippen LogP contribution in [-0.4, -0.2) is 10.8 Å². The van der Waals surface area contributed by atoms with Gasteiger partial charge < -0.3 is 0 Å². The molecule has 0 amide bonds. The van der Waals surface area contributed by atoms with Crippen molar-refractivity contribution >= 4 is 5.78 Å². The zero-order chi connectivity index (χ0) is 17.3. The number of Topliss-reactive ketones (excluding diaryl/α,β-unsaturated/α-hetero) is 1. The maximum absolute atomic E-state index is 12.0. The number of carbonyl (C=O) groups excluding carboxylic acids is 1. The van der Waals surface area contributed by atoms with E-state index in [-0.39, 0.29) is 5.41 Å². The van der Waals surface area contributed by atoms with Gasteiger partial charge >= 0.3 is 0 Å². The van der Waals surface area contributed by atoms with Crippen molar-refractivity contribution in [3.05, 3.63) is 29.1 Å². The molecule has 22 heavy (non-hydrogen) atoms. The summed E-state index contributed by atoms with van der Waals surface area (Å²) in [7, 11) is 0. The maximum atomic E-state index is 12.0. The molecule has 126 valence electrons. The van der Waals surface area contributed by atoms with E-state index >= 15 is 0 Å². The summed E-state index contributed by atoms with van der Waals surface area (Å²) in [5.41, 5.74) is 3.22. The Balaban J connectivity index is 0.00000211. The molecule has 0 aromatic carbocycles. The molecule has 1 heterocycles. The number of nitrogens with zero attached hydrogens (tertiary/aromatic N) is 1. The third kappa shape index (κ3) is 8.31. The second kappa shape index (κ2) is 9.76. The van der Waals surface area contributed by atoms with Crippen molar-refractivity contribution in [2.75, 3.05) is 0 Å². The summed E-state index contributed by atoms with van der Waals surface area (Å²) in [4.78, 5) is 16.6. The van der Waals surface area contributed by atoms with Crippen LogP contribution in [-0.2, 0) is 17.6 Å². The average molecular weight is 306 g/mol. The molecule has 0 saturated carbocycles. The molecule has 2 nitrogen and oxygen atoms in total. The number of pyridine rings is 1. The smallest absolute Gasteiger partial charge is 0.138 e. The third-order valence-corrected chi connectivity index (χ3v) is 3.52. The van der Waals surface area contributed by atoms with Gasteiger partial charge in [0, 0.05) is 23.2 Å². The van der Waals surface area contributed by atoms with Crippen LogP contribution in [0.2, 0.25) is 0 Å². The second-order valence-electron chi connectivity index (χ2n) is 7.21. The minimum Gasteiger partial charge on any atom is -0.299 e. The normalized spacial score (nSPS) is 11.1. The van der Waals surface area contributed by atoms with Gasteiger partial charge in [-0.15, -0.1) is 0 Å². The van der Waals surface area contributed by atoms with Crippen molar-refractivity contribution in [2.45, 2.75) is 81.1 Å². The number of hydrogen-bond donors (Lipinski definition) is 0. The lowest BCUT2D eigenvalue weighted by Crippen LogP contribution is -2.20. The van der Waals surface area contributed by atoms with Gasteiger partial charge in [-0.2, -0.15) is 0 Å². The van der Waals surface area contributed by atoms with E-state index in [1.165, 1.54) is 12.0 Å². The summed E-state index contributed by atoms with van der Waals surface area (Å²) in [6, 6.07) is 4.34. The van der Waals surface area contributed by atoms with Crippen LogP contribution in [0, 0.1) is 18.3 Å². The van der Waals surface area contributed by atoms with Gasteiger partial charge in [0.1, 0.15) is 5.78 Å². The van der Waals surface area contributed by atoms with E-state index in [0.717, 1.165) is 30.1 Å². The molecule has 0 radical (unpaired) electrons. The van der Waals surface area contributed by atoms with Crippen LogP contribution in [0.1, 0.15) is 78.3 Å². The lowest BCUT2D eigenvalue weighted by Gasteiger charge is -2.16. The number of rotatable bonds is 6. The Morgan fingerprint density at radius 3 is 2.23 bits per heavy atom. The summed E-state index contributed by atoms with van der Waals surface area (Å²) in [6.07, 6.45) is 3.64. The molecule has 0 saturated heterocycles. The zero-order valence-electron chi connectivity index (χ0n) is 15.9. The largest absolute Gasteiger partial charge is 0.299 e. The van der Waals surface area contributed by atoms with E-state index in [0.29, 0.717) is 12.2 Å². The van der Waals surface area contributed by atoms with Crippen molar-refractivity contribution in [3.63, 3.8) is 0 Å². The molecule has 1 aromatic heterocycles. The Hall–Kier alpha value is -1.18. The zero-order valence-corrected chi connectivity index (χ0v) is 15.9. The molecule has 1 rings (SSSR count). The van der Waals surface area contributed by atoms with Crippen LogP contribution >= 0.6 is 0 Å². The lowest BCUT2D eigenvalue weighted by atomic mass is 9.88. The first kappa shape index (κ1) is 20.8. The van der Waals surface area contributed by atoms with E-state index < -0.39 is 0 Å². The van der Waals surface area contributed by atoms with Crippen molar-refractivity contribution in [3.8, 4) is 0 Å². The first-order valence-electron chi connectivity index (χ1n) is 8.68. The molecule has 0 atom stereocenters. The topological polar surface area (TPSA) is 30.0 Å². The van der Waals surface area contributed by atoms with Gasteiger partial charge in [-0.05, 0) is 49.8 Å². The highest BCUT2D eigenvalue weighted by atomic mass is 16.1. The fourth-order valence-corrected chi connectivity index (χ4v) is 2.16. The molecule has 0 aliphatic heterocycles. The molecule has 0 aliphatic carbocycles. The fraction of sp³-hybridized carbons (Fsp3) is 0.700. The van der Waals surface area contributed by atoms with Gasteiger partial charge in [0.2, 0.25) is 0 Å². The van der Waals surface area contributed by atoms with E-state index in [1.54, 1.807) is 0 Å². The van der Waals surface area contributed by atoms with Crippen LogP contribution in [0.25, 0.3) is 0 Å². The quantitative estimate of drug-likeness (QED) is 0.689. The molecule has 0 unspecified atom stereocenters. The minimum atomic E-state index is -0.246. The first-order chi connectivity index (χ1) is 10.2. The Labute approximate surface area is 137 Å². The Morgan fingerprint density at radius 1 is 1.14 bits per heavy atom. The molecule has 0 aliphatic rings. The van der Waals surface area contributed by atoms with Gasteiger partial charge in [-0.3, -0.25) is 9.78 Å². The SMILES string of the molecule is CC.Cc1cc(CCC(C)C)cc(CCC(=O)C(C)(C)C)n1. The molecule has 2 heteroatoms. The van der Waals surface area contributed by atoms with E-state index in [1.807, 2.05) is 41.5 Å². The van der Waals surface area contributed by atoms with Crippen molar-refractivity contribution in [2.24, 2.45) is 11.3 Å². The average Bonchev–Trinajstić information content (AvgIpc) is 2.43. The second-order valence-corrected chi connectivity index (χ2v) is 7.21. The molecular formula is C20H35NO. The third-order valence-electron chi connectivity index (χ3n) is 3.52. The molecule has 1 aromatic rings. The Morgan fingerprint density at radius 2 is 1.73 bits per heavy atom. The summed E-state index contributed by atoms with van der Waals surface area (Å²) >= 11 is 0. The highest BCUT2D eigenvalue weighted by molar-refractivity contribution is 5.83. The van der Waals surface area contributed by atoms with E-state index in [2.05, 4.69) is 31.0 Å². The van der Waals surface area contributed by atoms with Gasteiger partial charge in [0.15, 0.2) is 0 Å². The molecule has 0 fully saturated rings. The minimum absolute atomic E-state index is 0.246. The van der Waals surface area contributed by atoms with Crippen LogP contribution in [0.5, 0.6) is 0 Å². The van der Waals surface area contributed by atoms with Crippen molar-refractivity contribution in [1.82, 2.24) is 4.98 Å². The fourth-order valence-electron chi connectivity index (χ4n) is 2.16. The van der Waals surface area contributed by atoms with Gasteiger partial charge in [-0.1, -0.05) is 48.5 Å². The lowest BCUT2D eigenvalue weighted by molar-refractivity contribution is -0.126. The van der Waals surface area contributed by atoms with Crippen molar-refractivity contribution in [1.29, 1.82) is 0 Å². The summed E-state index contributed by atoms with van der Waals surface area (Å²) in [6.45, 7) is 16.5. The van der Waals surface area contributed by atoms with Crippen LogP contribution in [0.4, 0.5) is 0 Å².